The maximum atomic E-state index is 10.4. The summed E-state index contributed by atoms with van der Waals surface area (Å²) in [5.74, 6) is 0.297. The first-order chi connectivity index (χ1) is 16.4. The molecule has 0 radical (unpaired) electrons. The van der Waals surface area contributed by atoms with Gasteiger partial charge in [0.2, 0.25) is 0 Å². The van der Waals surface area contributed by atoms with Gasteiger partial charge in [-0.15, -0.1) is 0 Å². The Morgan fingerprint density at radius 3 is 1.79 bits per heavy atom. The largest absolute Gasteiger partial charge is 0.508 e. The van der Waals surface area contributed by atoms with Crippen molar-refractivity contribution in [3.8, 4) is 34.5 Å². The number of fused-ring (bicyclic) bond motifs is 1. The highest BCUT2D eigenvalue weighted by Crippen LogP contribution is 2.53. The van der Waals surface area contributed by atoms with E-state index in [2.05, 4.69) is 0 Å². The van der Waals surface area contributed by atoms with Crippen molar-refractivity contribution < 1.29 is 30.3 Å². The van der Waals surface area contributed by atoms with Gasteiger partial charge in [-0.1, -0.05) is 36.4 Å². The molecule has 0 aromatic heterocycles. The standard InChI is InChI=1S/C28H22O6/c29-20-7-2-16(3-8-20)1-4-18-11-24(33)15-25-26(18)27(17-5-9-21(30)10-6-17)28(34-25)19-12-22(31)14-23(32)13-19/h1-15,27-33H/b4-1+/t27-,28?/m0/s1. The molecule has 0 amide bonds. The Kier molecular flexibility index (Phi) is 5.26. The molecule has 1 aliphatic heterocycles. The van der Waals surface area contributed by atoms with Crippen LogP contribution in [0.2, 0.25) is 0 Å². The molecule has 1 heterocycles. The summed E-state index contributed by atoms with van der Waals surface area (Å²) in [5.41, 5.74) is 3.85. The number of aromatic hydroxyl groups is 5. The second-order valence-electron chi connectivity index (χ2n) is 8.26. The van der Waals surface area contributed by atoms with Crippen molar-refractivity contribution in [2.45, 2.75) is 12.0 Å². The van der Waals surface area contributed by atoms with E-state index >= 15 is 0 Å². The number of hydrogen-bond donors (Lipinski definition) is 5. The molecule has 0 aliphatic carbocycles. The van der Waals surface area contributed by atoms with E-state index < -0.39 is 6.10 Å². The van der Waals surface area contributed by atoms with E-state index in [1.165, 1.54) is 18.2 Å². The molecule has 5 N–H and O–H groups in total. The minimum Gasteiger partial charge on any atom is -0.508 e. The van der Waals surface area contributed by atoms with Crippen molar-refractivity contribution in [3.63, 3.8) is 0 Å². The minimum atomic E-state index is -0.597. The molecule has 170 valence electrons. The van der Waals surface area contributed by atoms with Gasteiger partial charge in [0, 0.05) is 23.3 Å². The monoisotopic (exact) mass is 454 g/mol. The van der Waals surface area contributed by atoms with Crippen molar-refractivity contribution in [3.05, 3.63) is 107 Å². The third kappa shape index (κ3) is 4.09. The van der Waals surface area contributed by atoms with Crippen LogP contribution in [-0.2, 0) is 0 Å². The molecule has 6 nitrogen and oxygen atoms in total. The fraction of sp³-hybridized carbons (Fsp3) is 0.0714. The first-order valence-electron chi connectivity index (χ1n) is 10.7. The summed E-state index contributed by atoms with van der Waals surface area (Å²) in [6, 6.07) is 21.1. The summed E-state index contributed by atoms with van der Waals surface area (Å²) < 4.78 is 6.28. The van der Waals surface area contributed by atoms with Gasteiger partial charge in [-0.2, -0.15) is 0 Å². The second-order valence-corrected chi connectivity index (χ2v) is 8.26. The normalized spacial score (nSPS) is 16.9. The van der Waals surface area contributed by atoms with Gasteiger partial charge in [-0.3, -0.25) is 0 Å². The van der Waals surface area contributed by atoms with Crippen molar-refractivity contribution in [1.82, 2.24) is 0 Å². The van der Waals surface area contributed by atoms with Gasteiger partial charge in [0.05, 0.1) is 5.92 Å². The predicted octanol–water partition coefficient (Wildman–Crippen LogP) is 5.65. The first kappa shape index (κ1) is 21.3. The number of benzene rings is 4. The van der Waals surface area contributed by atoms with Gasteiger partial charge in [-0.05, 0) is 59.2 Å². The molecule has 4 aromatic rings. The molecule has 34 heavy (non-hydrogen) atoms. The van der Waals surface area contributed by atoms with Crippen LogP contribution in [0.15, 0.2) is 78.9 Å². The predicted molar refractivity (Wildman–Crippen MR) is 128 cm³/mol. The van der Waals surface area contributed by atoms with E-state index in [-0.39, 0.29) is 34.7 Å². The lowest BCUT2D eigenvalue weighted by Crippen LogP contribution is -2.11. The Labute approximate surface area is 195 Å². The molecule has 0 spiro atoms. The van der Waals surface area contributed by atoms with Gasteiger partial charge < -0.3 is 30.3 Å². The maximum Gasteiger partial charge on any atom is 0.135 e. The Morgan fingerprint density at radius 1 is 0.559 bits per heavy atom. The average Bonchev–Trinajstić information content (AvgIpc) is 3.18. The van der Waals surface area contributed by atoms with Crippen LogP contribution in [0.1, 0.15) is 39.8 Å². The molecule has 1 unspecified atom stereocenters. The Balaban J connectivity index is 1.66. The van der Waals surface area contributed by atoms with E-state index in [9.17, 15) is 25.5 Å². The summed E-state index contributed by atoms with van der Waals surface area (Å²) in [6.07, 6.45) is 3.14. The van der Waals surface area contributed by atoms with E-state index in [0.29, 0.717) is 11.3 Å². The SMILES string of the molecule is Oc1ccc(/C=C/c2cc(O)cc3c2[C@H](c2ccc(O)cc2)C(c2cc(O)cc(O)c2)O3)cc1. The Hall–Kier alpha value is -4.58. The van der Waals surface area contributed by atoms with E-state index in [1.807, 2.05) is 12.2 Å². The van der Waals surface area contributed by atoms with Crippen LogP contribution in [0.3, 0.4) is 0 Å². The number of rotatable bonds is 4. The quantitative estimate of drug-likeness (QED) is 0.255. The van der Waals surface area contributed by atoms with Crippen LogP contribution < -0.4 is 4.74 Å². The van der Waals surface area contributed by atoms with Gasteiger partial charge in [0.1, 0.15) is 40.6 Å². The second kappa shape index (κ2) is 8.41. The Morgan fingerprint density at radius 2 is 1.15 bits per heavy atom. The van der Waals surface area contributed by atoms with Crippen molar-refractivity contribution in [2.75, 3.05) is 0 Å². The maximum absolute atomic E-state index is 10.4. The summed E-state index contributed by atoms with van der Waals surface area (Å²) >= 11 is 0. The lowest BCUT2D eigenvalue weighted by Gasteiger charge is -2.21. The number of phenols is 5. The Bertz CT molecular complexity index is 1350. The molecule has 0 bridgehead atoms. The molecule has 6 heteroatoms. The average molecular weight is 454 g/mol. The summed E-state index contributed by atoms with van der Waals surface area (Å²) in [7, 11) is 0. The highest BCUT2D eigenvalue weighted by molar-refractivity contribution is 5.75. The lowest BCUT2D eigenvalue weighted by molar-refractivity contribution is 0.221. The molecule has 2 atom stereocenters. The van der Waals surface area contributed by atoms with Crippen molar-refractivity contribution in [2.24, 2.45) is 0 Å². The molecule has 4 aromatic carbocycles. The highest BCUT2D eigenvalue weighted by atomic mass is 16.5. The molecule has 0 saturated heterocycles. The van der Waals surface area contributed by atoms with Crippen LogP contribution in [0.25, 0.3) is 12.2 Å². The lowest BCUT2D eigenvalue weighted by atomic mass is 9.82. The fourth-order valence-corrected chi connectivity index (χ4v) is 4.39. The third-order valence-corrected chi connectivity index (χ3v) is 5.88. The van der Waals surface area contributed by atoms with Crippen LogP contribution in [0.5, 0.6) is 34.5 Å². The minimum absolute atomic E-state index is 0.0352. The zero-order valence-electron chi connectivity index (χ0n) is 18.0. The number of hydrogen-bond acceptors (Lipinski definition) is 6. The van der Waals surface area contributed by atoms with E-state index in [0.717, 1.165) is 22.3 Å². The zero-order valence-corrected chi connectivity index (χ0v) is 18.0. The molecular formula is C28H22O6. The number of ether oxygens (including phenoxy) is 1. The molecule has 0 saturated carbocycles. The van der Waals surface area contributed by atoms with Crippen LogP contribution in [-0.4, -0.2) is 25.5 Å². The van der Waals surface area contributed by atoms with Gasteiger partial charge in [-0.25, -0.2) is 0 Å². The van der Waals surface area contributed by atoms with E-state index in [4.69, 9.17) is 4.74 Å². The summed E-state index contributed by atoms with van der Waals surface area (Å²) in [6.45, 7) is 0. The van der Waals surface area contributed by atoms with Crippen LogP contribution >= 0.6 is 0 Å². The molecule has 1 aliphatic rings. The van der Waals surface area contributed by atoms with Gasteiger partial charge in [0.15, 0.2) is 0 Å². The van der Waals surface area contributed by atoms with Crippen LogP contribution in [0, 0.1) is 0 Å². The van der Waals surface area contributed by atoms with Gasteiger partial charge >= 0.3 is 0 Å². The zero-order chi connectivity index (χ0) is 23.8. The molecule has 0 fully saturated rings. The van der Waals surface area contributed by atoms with Crippen molar-refractivity contribution >= 4 is 12.2 Å². The fourth-order valence-electron chi connectivity index (χ4n) is 4.39. The third-order valence-electron chi connectivity index (χ3n) is 5.88. The van der Waals surface area contributed by atoms with Gasteiger partial charge in [0.25, 0.3) is 0 Å². The first-order valence-corrected chi connectivity index (χ1v) is 10.7. The molecular weight excluding hydrogens is 432 g/mol. The summed E-state index contributed by atoms with van der Waals surface area (Å²) in [4.78, 5) is 0. The molecule has 5 rings (SSSR count). The smallest absolute Gasteiger partial charge is 0.135 e. The summed E-state index contributed by atoms with van der Waals surface area (Å²) in [5, 5.41) is 49.9. The van der Waals surface area contributed by atoms with Crippen LogP contribution in [0.4, 0.5) is 0 Å². The van der Waals surface area contributed by atoms with E-state index in [1.54, 1.807) is 60.7 Å². The topological polar surface area (TPSA) is 110 Å². The van der Waals surface area contributed by atoms with Crippen molar-refractivity contribution in [1.29, 1.82) is 0 Å². The highest BCUT2D eigenvalue weighted by Gasteiger charge is 2.39. The number of phenolic OH excluding ortho intramolecular Hbond substituents is 5.